The average Bonchev–Trinajstić information content (AvgIpc) is 2.04. The van der Waals surface area contributed by atoms with E-state index in [2.05, 4.69) is 21.1 Å². The molecule has 0 rings (SSSR count). The third-order valence-corrected chi connectivity index (χ3v) is 1.42. The first-order chi connectivity index (χ1) is 5.31. The first-order valence-corrected chi connectivity index (χ1v) is 4.24. The van der Waals surface area contributed by atoms with E-state index in [4.69, 9.17) is 9.94 Å². The van der Waals surface area contributed by atoms with Crippen molar-refractivity contribution in [3.8, 4) is 0 Å². The van der Waals surface area contributed by atoms with E-state index < -0.39 is 0 Å². The Labute approximate surface area is 74.9 Å². The van der Waals surface area contributed by atoms with Gasteiger partial charge in [-0.15, -0.1) is 0 Å². The summed E-state index contributed by atoms with van der Waals surface area (Å²) in [5.41, 5.74) is 0. The number of alkyl halides is 1. The summed E-state index contributed by atoms with van der Waals surface area (Å²) < 4.78 is 0. The zero-order valence-corrected chi connectivity index (χ0v) is 7.99. The molecule has 0 saturated carbocycles. The van der Waals surface area contributed by atoms with E-state index in [1.807, 2.05) is 13.0 Å². The van der Waals surface area contributed by atoms with Crippen LogP contribution in [0.3, 0.4) is 0 Å². The van der Waals surface area contributed by atoms with Crippen molar-refractivity contribution in [2.75, 3.05) is 13.2 Å². The summed E-state index contributed by atoms with van der Waals surface area (Å²) >= 11 is 3.18. The number of aliphatic hydroxyl groups is 1. The molecule has 1 unspecified atom stereocenters. The van der Waals surface area contributed by atoms with Gasteiger partial charge in [0.15, 0.2) is 0 Å². The Morgan fingerprint density at radius 1 is 1.73 bits per heavy atom. The maximum Gasteiger partial charge on any atom is 0.131 e. The van der Waals surface area contributed by atoms with Gasteiger partial charge in [0.25, 0.3) is 0 Å². The van der Waals surface area contributed by atoms with Gasteiger partial charge >= 0.3 is 0 Å². The molecular formula is C7H12BrNO2. The molecule has 64 valence electrons. The number of hydrogen-bond acceptors (Lipinski definition) is 3. The molecule has 0 bridgehead atoms. The van der Waals surface area contributed by atoms with E-state index in [1.54, 1.807) is 12.3 Å². The minimum atomic E-state index is -0.0368. The Kier molecular flexibility index (Phi) is 7.51. The van der Waals surface area contributed by atoms with Crippen molar-refractivity contribution in [2.45, 2.75) is 11.8 Å². The van der Waals surface area contributed by atoms with Crippen molar-refractivity contribution in [3.63, 3.8) is 0 Å². The first-order valence-electron chi connectivity index (χ1n) is 3.32. The van der Waals surface area contributed by atoms with Gasteiger partial charge in [0.2, 0.25) is 0 Å². The highest BCUT2D eigenvalue weighted by atomic mass is 79.9. The van der Waals surface area contributed by atoms with Crippen LogP contribution in [0.15, 0.2) is 17.3 Å². The Balaban J connectivity index is 3.26. The molecule has 0 radical (unpaired) electrons. The van der Waals surface area contributed by atoms with Crippen LogP contribution in [-0.4, -0.2) is 29.4 Å². The van der Waals surface area contributed by atoms with Crippen LogP contribution in [0.25, 0.3) is 0 Å². The van der Waals surface area contributed by atoms with E-state index in [0.29, 0.717) is 6.61 Å². The van der Waals surface area contributed by atoms with Gasteiger partial charge in [-0.2, -0.15) is 0 Å². The summed E-state index contributed by atoms with van der Waals surface area (Å²) in [5, 5.41) is 12.1. The first kappa shape index (κ1) is 10.7. The van der Waals surface area contributed by atoms with Gasteiger partial charge in [0.1, 0.15) is 6.61 Å². The van der Waals surface area contributed by atoms with E-state index >= 15 is 0 Å². The summed E-state index contributed by atoms with van der Waals surface area (Å²) in [4.78, 5) is 4.76. The average molecular weight is 222 g/mol. The molecule has 1 atom stereocenters. The second-order valence-electron chi connectivity index (χ2n) is 1.86. The number of halogens is 1. The predicted octanol–water partition coefficient (Wildman–Crippen LogP) is 1.32. The number of allylic oxidation sites excluding steroid dienone is 2. The second-order valence-corrected chi connectivity index (χ2v) is 3.15. The molecule has 4 heteroatoms. The molecule has 0 aliphatic heterocycles. The minimum absolute atomic E-state index is 0.0368. The zero-order chi connectivity index (χ0) is 8.53. The standard InChI is InChI=1S/C7H12BrNO2/c1-2-3-4-9-11-6-7(8)5-10/h2-4,7,10H,5-6H2,1H3/b3-2+,9-4+. The van der Waals surface area contributed by atoms with Crippen molar-refractivity contribution < 1.29 is 9.94 Å². The number of nitrogens with zero attached hydrogens (tertiary/aromatic N) is 1. The molecule has 0 aliphatic rings. The van der Waals surface area contributed by atoms with Gasteiger partial charge in [-0.3, -0.25) is 0 Å². The topological polar surface area (TPSA) is 41.8 Å². The zero-order valence-electron chi connectivity index (χ0n) is 6.40. The van der Waals surface area contributed by atoms with Crippen LogP contribution in [0.2, 0.25) is 0 Å². The van der Waals surface area contributed by atoms with E-state index in [1.165, 1.54) is 0 Å². The number of aliphatic hydroxyl groups excluding tert-OH is 1. The highest BCUT2D eigenvalue weighted by molar-refractivity contribution is 9.09. The number of rotatable bonds is 5. The quantitative estimate of drug-likeness (QED) is 0.433. The van der Waals surface area contributed by atoms with Gasteiger partial charge in [-0.05, 0) is 13.0 Å². The van der Waals surface area contributed by atoms with Gasteiger partial charge in [-0.25, -0.2) is 0 Å². The SMILES string of the molecule is C/C=C/C=N/OCC(Br)CO. The van der Waals surface area contributed by atoms with E-state index in [0.717, 1.165) is 0 Å². The highest BCUT2D eigenvalue weighted by Gasteiger charge is 1.99. The molecule has 0 aromatic carbocycles. The smallest absolute Gasteiger partial charge is 0.131 e. The van der Waals surface area contributed by atoms with E-state index in [9.17, 15) is 0 Å². The largest absolute Gasteiger partial charge is 0.395 e. The minimum Gasteiger partial charge on any atom is -0.395 e. The second kappa shape index (κ2) is 7.75. The van der Waals surface area contributed by atoms with Crippen LogP contribution in [0.4, 0.5) is 0 Å². The van der Waals surface area contributed by atoms with Gasteiger partial charge in [0, 0.05) is 0 Å². The van der Waals surface area contributed by atoms with Crippen molar-refractivity contribution in [2.24, 2.45) is 5.16 Å². The Bertz CT molecular complexity index is 136. The van der Waals surface area contributed by atoms with Crippen LogP contribution in [0, 0.1) is 0 Å². The molecular weight excluding hydrogens is 210 g/mol. The number of oxime groups is 1. The molecule has 0 spiro atoms. The molecule has 0 heterocycles. The Morgan fingerprint density at radius 3 is 3.00 bits per heavy atom. The van der Waals surface area contributed by atoms with Crippen LogP contribution >= 0.6 is 15.9 Å². The maximum atomic E-state index is 8.54. The van der Waals surface area contributed by atoms with Crippen LogP contribution in [0.5, 0.6) is 0 Å². The third kappa shape index (κ3) is 7.55. The molecule has 0 aromatic rings. The lowest BCUT2D eigenvalue weighted by molar-refractivity contribution is 0.131. The van der Waals surface area contributed by atoms with Gasteiger partial charge in [-0.1, -0.05) is 27.2 Å². The normalized spacial score (nSPS) is 14.5. The summed E-state index contributed by atoms with van der Waals surface area (Å²) in [6.45, 7) is 2.33. The molecule has 3 nitrogen and oxygen atoms in total. The molecule has 0 aliphatic carbocycles. The van der Waals surface area contributed by atoms with Crippen LogP contribution in [0.1, 0.15) is 6.92 Å². The molecule has 0 saturated heterocycles. The lowest BCUT2D eigenvalue weighted by Gasteiger charge is -2.01. The highest BCUT2D eigenvalue weighted by Crippen LogP contribution is 1.97. The Morgan fingerprint density at radius 2 is 2.45 bits per heavy atom. The number of hydrogen-bond donors (Lipinski definition) is 1. The lowest BCUT2D eigenvalue weighted by atomic mass is 10.5. The predicted molar refractivity (Wildman–Crippen MR) is 49.1 cm³/mol. The summed E-state index contributed by atoms with van der Waals surface area (Å²) in [5.74, 6) is 0. The van der Waals surface area contributed by atoms with Gasteiger partial charge in [0.05, 0.1) is 17.6 Å². The van der Waals surface area contributed by atoms with Crippen LogP contribution < -0.4 is 0 Å². The van der Waals surface area contributed by atoms with Gasteiger partial charge < -0.3 is 9.94 Å². The molecule has 0 aromatic heterocycles. The van der Waals surface area contributed by atoms with Crippen molar-refractivity contribution in [1.29, 1.82) is 0 Å². The summed E-state index contributed by atoms with van der Waals surface area (Å²) in [7, 11) is 0. The Hall–Kier alpha value is -0.350. The molecule has 0 fully saturated rings. The summed E-state index contributed by atoms with van der Waals surface area (Å²) in [6.07, 6.45) is 5.17. The lowest BCUT2D eigenvalue weighted by Crippen LogP contribution is -2.10. The summed E-state index contributed by atoms with van der Waals surface area (Å²) in [6, 6.07) is 0. The molecule has 0 amide bonds. The van der Waals surface area contributed by atoms with Crippen molar-refractivity contribution in [3.05, 3.63) is 12.2 Å². The molecule has 11 heavy (non-hydrogen) atoms. The van der Waals surface area contributed by atoms with Crippen molar-refractivity contribution >= 4 is 22.1 Å². The fourth-order valence-electron chi connectivity index (χ4n) is 0.341. The fraction of sp³-hybridized carbons (Fsp3) is 0.571. The van der Waals surface area contributed by atoms with Crippen molar-refractivity contribution in [1.82, 2.24) is 0 Å². The maximum absolute atomic E-state index is 8.54. The third-order valence-electron chi connectivity index (χ3n) is 0.867. The molecule has 1 N–H and O–H groups in total. The van der Waals surface area contributed by atoms with E-state index in [-0.39, 0.29) is 11.4 Å². The fourth-order valence-corrected chi connectivity index (χ4v) is 0.459. The van der Waals surface area contributed by atoms with Crippen LogP contribution in [-0.2, 0) is 4.84 Å². The monoisotopic (exact) mass is 221 g/mol.